The van der Waals surface area contributed by atoms with Crippen LogP contribution in [-0.2, 0) is 6.42 Å². The summed E-state index contributed by atoms with van der Waals surface area (Å²) in [5.41, 5.74) is 8.51. The zero-order valence-corrected chi connectivity index (χ0v) is 13.7. The Balaban J connectivity index is 2.12. The normalized spacial score (nSPS) is 16.3. The molecule has 0 aliphatic carbocycles. The second-order valence-electron chi connectivity index (χ2n) is 5.31. The van der Waals surface area contributed by atoms with E-state index in [0.29, 0.717) is 16.6 Å². The minimum absolute atomic E-state index is 0.101. The number of benzene rings is 2. The predicted molar refractivity (Wildman–Crippen MR) is 90.2 cm³/mol. The number of halogens is 2. The molecule has 22 heavy (non-hydrogen) atoms. The summed E-state index contributed by atoms with van der Waals surface area (Å²) in [6.45, 7) is 0.600. The van der Waals surface area contributed by atoms with Crippen LogP contribution < -0.4 is 15.2 Å². The average Bonchev–Trinajstić information content (AvgIpc) is 2.91. The highest BCUT2D eigenvalue weighted by atomic mass is 35.5. The van der Waals surface area contributed by atoms with Crippen LogP contribution in [0.5, 0.6) is 11.5 Å². The molecule has 1 aliphatic heterocycles. The number of hydrogen-bond acceptors (Lipinski definition) is 3. The number of ether oxygens (including phenoxy) is 2. The molecule has 0 radical (unpaired) electrons. The van der Waals surface area contributed by atoms with E-state index in [1.165, 1.54) is 0 Å². The highest BCUT2D eigenvalue weighted by Crippen LogP contribution is 2.44. The van der Waals surface area contributed by atoms with E-state index >= 15 is 0 Å². The van der Waals surface area contributed by atoms with Gasteiger partial charge in [-0.05, 0) is 43.3 Å². The Hall–Kier alpha value is -1.42. The summed E-state index contributed by atoms with van der Waals surface area (Å²) in [5, 5.41) is 1.26. The van der Waals surface area contributed by atoms with Crippen molar-refractivity contribution in [3.8, 4) is 22.6 Å². The van der Waals surface area contributed by atoms with E-state index in [2.05, 4.69) is 0 Å². The van der Waals surface area contributed by atoms with Crippen LogP contribution in [0.4, 0.5) is 0 Å². The summed E-state index contributed by atoms with van der Waals surface area (Å²) in [4.78, 5) is 0. The zero-order valence-electron chi connectivity index (χ0n) is 12.2. The minimum atomic E-state index is 0.101. The van der Waals surface area contributed by atoms with Crippen LogP contribution in [0.25, 0.3) is 11.1 Å². The van der Waals surface area contributed by atoms with Crippen molar-refractivity contribution in [3.05, 3.63) is 45.9 Å². The number of fused-ring (bicyclic) bond motifs is 1. The number of hydrogen-bond donors (Lipinski definition) is 1. The average molecular weight is 338 g/mol. The third-order valence-corrected chi connectivity index (χ3v) is 4.38. The highest BCUT2D eigenvalue weighted by Gasteiger charge is 2.27. The Morgan fingerprint density at radius 2 is 2.05 bits per heavy atom. The van der Waals surface area contributed by atoms with E-state index in [1.807, 2.05) is 18.2 Å². The monoisotopic (exact) mass is 337 g/mol. The summed E-state index contributed by atoms with van der Waals surface area (Å²) in [6, 6.07) is 9.34. The van der Waals surface area contributed by atoms with Gasteiger partial charge < -0.3 is 15.2 Å². The van der Waals surface area contributed by atoms with Crippen molar-refractivity contribution in [1.82, 2.24) is 0 Å². The molecule has 0 saturated carbocycles. The molecule has 0 spiro atoms. The summed E-state index contributed by atoms with van der Waals surface area (Å²) < 4.78 is 11.5. The second-order valence-corrected chi connectivity index (χ2v) is 6.15. The Morgan fingerprint density at radius 1 is 1.23 bits per heavy atom. The molecule has 0 amide bonds. The molecule has 0 fully saturated rings. The molecule has 2 aromatic carbocycles. The second kappa shape index (κ2) is 6.37. The van der Waals surface area contributed by atoms with Crippen molar-refractivity contribution in [2.75, 3.05) is 13.7 Å². The van der Waals surface area contributed by atoms with Crippen molar-refractivity contribution >= 4 is 23.2 Å². The van der Waals surface area contributed by atoms with Gasteiger partial charge in [0.05, 0.1) is 7.11 Å². The predicted octanol–water partition coefficient (Wildman–Crippen LogP) is 4.32. The van der Waals surface area contributed by atoms with E-state index in [-0.39, 0.29) is 6.10 Å². The summed E-state index contributed by atoms with van der Waals surface area (Å²) in [7, 11) is 1.65. The van der Waals surface area contributed by atoms with Gasteiger partial charge in [0.25, 0.3) is 0 Å². The lowest BCUT2D eigenvalue weighted by Gasteiger charge is -2.14. The Kier molecular flexibility index (Phi) is 4.48. The lowest BCUT2D eigenvalue weighted by atomic mass is 9.99. The van der Waals surface area contributed by atoms with Crippen LogP contribution >= 0.6 is 23.2 Å². The van der Waals surface area contributed by atoms with E-state index in [4.69, 9.17) is 38.4 Å². The third kappa shape index (κ3) is 2.89. The molecule has 1 atom stereocenters. The Bertz CT molecular complexity index is 703. The van der Waals surface area contributed by atoms with E-state index < -0.39 is 0 Å². The Morgan fingerprint density at radius 3 is 2.77 bits per heavy atom. The maximum atomic E-state index is 6.35. The molecule has 0 saturated heterocycles. The first kappa shape index (κ1) is 15.5. The van der Waals surface area contributed by atoms with Crippen LogP contribution in [0.1, 0.15) is 12.0 Å². The standard InChI is InChI=1S/C17H17Cl2NO2/c1-21-13-7-10-6-12(4-5-20)22-17(10)15(9-13)14-8-11(18)2-3-16(14)19/h2-3,7-9,12H,4-6,20H2,1H3. The van der Waals surface area contributed by atoms with Gasteiger partial charge in [-0.25, -0.2) is 0 Å². The van der Waals surface area contributed by atoms with E-state index in [0.717, 1.165) is 41.0 Å². The van der Waals surface area contributed by atoms with Crippen molar-refractivity contribution in [1.29, 1.82) is 0 Å². The lowest BCUT2D eigenvalue weighted by molar-refractivity contribution is 0.225. The van der Waals surface area contributed by atoms with Gasteiger partial charge in [-0.2, -0.15) is 0 Å². The van der Waals surface area contributed by atoms with Crippen molar-refractivity contribution in [2.45, 2.75) is 18.9 Å². The van der Waals surface area contributed by atoms with Gasteiger partial charge in [0.2, 0.25) is 0 Å². The van der Waals surface area contributed by atoms with E-state index in [1.54, 1.807) is 19.2 Å². The number of nitrogens with two attached hydrogens (primary N) is 1. The fraction of sp³-hybridized carbons (Fsp3) is 0.294. The molecule has 1 aliphatic rings. The molecule has 3 nitrogen and oxygen atoms in total. The molecule has 0 aromatic heterocycles. The first-order chi connectivity index (χ1) is 10.6. The molecule has 5 heteroatoms. The number of rotatable bonds is 4. The molecule has 0 bridgehead atoms. The SMILES string of the molecule is COc1cc2c(c(-c3cc(Cl)ccc3Cl)c1)OC(CCN)C2. The first-order valence-electron chi connectivity index (χ1n) is 7.15. The molecule has 116 valence electrons. The van der Waals surface area contributed by atoms with Gasteiger partial charge in [-0.1, -0.05) is 23.2 Å². The van der Waals surface area contributed by atoms with Crippen molar-refractivity contribution in [3.63, 3.8) is 0 Å². The topological polar surface area (TPSA) is 44.5 Å². The fourth-order valence-corrected chi connectivity index (χ4v) is 3.16. The summed E-state index contributed by atoms with van der Waals surface area (Å²) in [5.74, 6) is 1.63. The van der Waals surface area contributed by atoms with Crippen molar-refractivity contribution < 1.29 is 9.47 Å². The Labute approximate surface area is 139 Å². The van der Waals surface area contributed by atoms with Crippen LogP contribution in [-0.4, -0.2) is 19.8 Å². The van der Waals surface area contributed by atoms with Gasteiger partial charge in [0, 0.05) is 33.2 Å². The van der Waals surface area contributed by atoms with Crippen molar-refractivity contribution in [2.24, 2.45) is 5.73 Å². The van der Waals surface area contributed by atoms with Gasteiger partial charge in [-0.3, -0.25) is 0 Å². The molecule has 1 heterocycles. The third-order valence-electron chi connectivity index (χ3n) is 3.81. The van der Waals surface area contributed by atoms with Crippen LogP contribution in [0, 0.1) is 0 Å². The molecule has 2 N–H and O–H groups in total. The largest absolute Gasteiger partial charge is 0.497 e. The van der Waals surface area contributed by atoms with Gasteiger partial charge >= 0.3 is 0 Å². The molecular formula is C17H17Cl2NO2. The first-order valence-corrected chi connectivity index (χ1v) is 7.91. The molecular weight excluding hydrogens is 321 g/mol. The minimum Gasteiger partial charge on any atom is -0.497 e. The maximum Gasteiger partial charge on any atom is 0.131 e. The molecule has 3 rings (SSSR count). The van der Waals surface area contributed by atoms with Gasteiger partial charge in [-0.15, -0.1) is 0 Å². The van der Waals surface area contributed by atoms with Crippen LogP contribution in [0.15, 0.2) is 30.3 Å². The maximum absolute atomic E-state index is 6.35. The van der Waals surface area contributed by atoms with E-state index in [9.17, 15) is 0 Å². The van der Waals surface area contributed by atoms with Crippen LogP contribution in [0.3, 0.4) is 0 Å². The summed E-state index contributed by atoms with van der Waals surface area (Å²) >= 11 is 12.5. The zero-order chi connectivity index (χ0) is 15.7. The molecule has 1 unspecified atom stereocenters. The van der Waals surface area contributed by atoms with Gasteiger partial charge in [0.15, 0.2) is 0 Å². The van der Waals surface area contributed by atoms with Gasteiger partial charge in [0.1, 0.15) is 17.6 Å². The fourth-order valence-electron chi connectivity index (χ4n) is 2.77. The quantitative estimate of drug-likeness (QED) is 0.903. The van der Waals surface area contributed by atoms with Crippen LogP contribution in [0.2, 0.25) is 10.0 Å². The molecule has 2 aromatic rings. The highest BCUT2D eigenvalue weighted by molar-refractivity contribution is 6.35. The number of methoxy groups -OCH3 is 1. The lowest BCUT2D eigenvalue weighted by Crippen LogP contribution is -2.17. The smallest absolute Gasteiger partial charge is 0.131 e. The summed E-state index contributed by atoms with van der Waals surface area (Å²) in [6.07, 6.45) is 1.75.